The molecule has 0 aliphatic carbocycles. The number of hydrogen-bond donors (Lipinski definition) is 0. The number of alkyl halides is 2. The quantitative estimate of drug-likeness (QED) is 0.629. The minimum atomic E-state index is -2.59. The van der Waals surface area contributed by atoms with Crippen molar-refractivity contribution in [1.29, 1.82) is 0 Å². The number of hydrogen-bond acceptors (Lipinski definition) is 5. The third kappa shape index (κ3) is 3.44. The molecule has 31 heavy (non-hydrogen) atoms. The molecule has 4 heterocycles. The van der Waals surface area contributed by atoms with Gasteiger partial charge in [0.2, 0.25) is 0 Å². The maximum absolute atomic E-state index is 13.4. The highest BCUT2D eigenvalue weighted by molar-refractivity contribution is 5.96. The summed E-state index contributed by atoms with van der Waals surface area (Å²) in [6.45, 7) is 3.49. The maximum atomic E-state index is 13.4. The van der Waals surface area contributed by atoms with E-state index < -0.39 is 6.43 Å². The molecule has 8 heteroatoms. The van der Waals surface area contributed by atoms with Crippen molar-refractivity contribution in [2.75, 3.05) is 24.7 Å². The highest BCUT2D eigenvalue weighted by Gasteiger charge is 2.26. The monoisotopic (exact) mass is 427 g/mol. The van der Waals surface area contributed by atoms with Gasteiger partial charge in [-0.1, -0.05) is 0 Å². The molecule has 0 radical (unpaired) electrons. The zero-order chi connectivity index (χ0) is 21.7. The van der Waals surface area contributed by atoms with Crippen molar-refractivity contribution in [3.05, 3.63) is 57.6 Å². The largest absolute Gasteiger partial charge is 0.485 e. The van der Waals surface area contributed by atoms with Crippen LogP contribution < -0.4 is 15.2 Å². The van der Waals surface area contributed by atoms with Gasteiger partial charge in [0.1, 0.15) is 11.9 Å². The van der Waals surface area contributed by atoms with E-state index in [0.29, 0.717) is 36.8 Å². The van der Waals surface area contributed by atoms with Crippen LogP contribution in [-0.4, -0.2) is 35.4 Å². The van der Waals surface area contributed by atoms with Gasteiger partial charge in [0, 0.05) is 48.4 Å². The number of fused-ring (bicyclic) bond motifs is 2. The molecule has 0 amide bonds. The zero-order valence-corrected chi connectivity index (χ0v) is 17.4. The van der Waals surface area contributed by atoms with E-state index >= 15 is 0 Å². The molecule has 2 aliphatic rings. The first kappa shape index (κ1) is 19.9. The first-order chi connectivity index (χ1) is 14.9. The van der Waals surface area contributed by atoms with Gasteiger partial charge in [0.15, 0.2) is 0 Å². The van der Waals surface area contributed by atoms with Crippen LogP contribution in [0.25, 0.3) is 10.9 Å². The predicted molar refractivity (Wildman–Crippen MR) is 114 cm³/mol. The topological polar surface area (TPSA) is 56.6 Å². The molecule has 1 aromatic carbocycles. The smallest absolute Gasteiger partial charge is 0.265 e. The fourth-order valence-corrected chi connectivity index (χ4v) is 4.26. The number of anilines is 2. The molecule has 3 aromatic rings. The molecule has 1 fully saturated rings. The van der Waals surface area contributed by atoms with Crippen LogP contribution in [0.2, 0.25) is 0 Å². The van der Waals surface area contributed by atoms with Crippen LogP contribution in [0.1, 0.15) is 29.7 Å². The summed E-state index contributed by atoms with van der Waals surface area (Å²) in [5.41, 5.74) is 3.47. The van der Waals surface area contributed by atoms with Crippen LogP contribution in [0.4, 0.5) is 20.2 Å². The Morgan fingerprint density at radius 3 is 2.71 bits per heavy atom. The normalized spacial score (nSPS) is 16.5. The number of ether oxygens (including phenoxy) is 2. The van der Waals surface area contributed by atoms with Gasteiger partial charge in [-0.3, -0.25) is 9.78 Å². The van der Waals surface area contributed by atoms with Gasteiger partial charge >= 0.3 is 0 Å². The van der Waals surface area contributed by atoms with Gasteiger partial charge < -0.3 is 18.9 Å². The number of benzene rings is 1. The highest BCUT2D eigenvalue weighted by atomic mass is 19.3. The second-order valence-corrected chi connectivity index (χ2v) is 8.13. The second kappa shape index (κ2) is 7.60. The lowest BCUT2D eigenvalue weighted by Gasteiger charge is -2.33. The van der Waals surface area contributed by atoms with E-state index in [-0.39, 0.29) is 17.2 Å². The lowest BCUT2D eigenvalue weighted by Crippen LogP contribution is -2.38. The van der Waals surface area contributed by atoms with Crippen LogP contribution in [0.3, 0.4) is 0 Å². The lowest BCUT2D eigenvalue weighted by molar-refractivity contribution is -0.0796. The molecule has 0 saturated carbocycles. The minimum absolute atomic E-state index is 0.0338. The fourth-order valence-electron chi connectivity index (χ4n) is 4.26. The average Bonchev–Trinajstić information content (AvgIpc) is 2.74. The SMILES string of the molecule is Cc1cc2c(N3CCCc4ncc(C(F)F)cc43)cc(OC3COC3)cc2n(C)c1=O. The number of halogens is 2. The molecule has 0 unspecified atom stereocenters. The van der Waals surface area contributed by atoms with Crippen molar-refractivity contribution >= 4 is 22.3 Å². The van der Waals surface area contributed by atoms with Crippen LogP contribution in [0, 0.1) is 6.92 Å². The minimum Gasteiger partial charge on any atom is -0.485 e. The summed E-state index contributed by atoms with van der Waals surface area (Å²) >= 11 is 0. The molecule has 1 saturated heterocycles. The molecule has 162 valence electrons. The number of nitrogens with zero attached hydrogens (tertiary/aromatic N) is 3. The van der Waals surface area contributed by atoms with Crippen molar-refractivity contribution < 1.29 is 18.3 Å². The molecule has 0 spiro atoms. The number of aryl methyl sites for hydroxylation is 3. The van der Waals surface area contributed by atoms with Crippen molar-refractivity contribution in [1.82, 2.24) is 9.55 Å². The Bertz CT molecular complexity index is 1220. The van der Waals surface area contributed by atoms with E-state index in [0.717, 1.165) is 35.1 Å². The number of aromatic nitrogens is 2. The third-order valence-corrected chi connectivity index (χ3v) is 5.98. The molecular formula is C23H23F2N3O3. The van der Waals surface area contributed by atoms with E-state index in [4.69, 9.17) is 9.47 Å². The number of rotatable bonds is 4. The maximum Gasteiger partial charge on any atom is 0.265 e. The van der Waals surface area contributed by atoms with Gasteiger partial charge in [0.25, 0.3) is 12.0 Å². The van der Waals surface area contributed by atoms with Gasteiger partial charge in [0.05, 0.1) is 35.8 Å². The molecule has 0 N–H and O–H groups in total. The first-order valence-corrected chi connectivity index (χ1v) is 10.4. The van der Waals surface area contributed by atoms with Gasteiger partial charge in [-0.05, 0) is 31.9 Å². The van der Waals surface area contributed by atoms with Gasteiger partial charge in [-0.2, -0.15) is 0 Å². The summed E-state index contributed by atoms with van der Waals surface area (Å²) in [6, 6.07) is 7.17. The van der Waals surface area contributed by atoms with Crippen molar-refractivity contribution in [2.24, 2.45) is 7.05 Å². The Hall–Kier alpha value is -3.00. The Kier molecular flexibility index (Phi) is 4.89. The lowest BCUT2D eigenvalue weighted by atomic mass is 10.0. The molecule has 2 aromatic heterocycles. The molecule has 0 atom stereocenters. The van der Waals surface area contributed by atoms with Crippen LogP contribution in [0.15, 0.2) is 35.3 Å². The van der Waals surface area contributed by atoms with Gasteiger partial charge in [-0.25, -0.2) is 8.78 Å². The summed E-state index contributed by atoms with van der Waals surface area (Å²) < 4.78 is 39.7. The Balaban J connectivity index is 1.72. The van der Waals surface area contributed by atoms with Crippen molar-refractivity contribution in [3.8, 4) is 5.75 Å². The standard InChI is InChI=1S/C23H23F2N3O3/c1-13-6-17-19(27(2)23(13)29)8-15(31-16-11-30-12-16)9-20(17)28-5-3-4-18-21(28)7-14(10-26-18)22(24)25/h6-10,16,22H,3-5,11-12H2,1-2H3. The summed E-state index contributed by atoms with van der Waals surface area (Å²) in [5, 5.41) is 0.868. The summed E-state index contributed by atoms with van der Waals surface area (Å²) in [4.78, 5) is 18.9. The molecule has 5 rings (SSSR count). The molecular weight excluding hydrogens is 404 g/mol. The Morgan fingerprint density at radius 1 is 1.19 bits per heavy atom. The van der Waals surface area contributed by atoms with E-state index in [1.165, 1.54) is 12.3 Å². The third-order valence-electron chi connectivity index (χ3n) is 5.98. The Morgan fingerprint density at radius 2 is 2.00 bits per heavy atom. The van der Waals surface area contributed by atoms with Crippen LogP contribution >= 0.6 is 0 Å². The molecule has 2 aliphatic heterocycles. The highest BCUT2D eigenvalue weighted by Crippen LogP contribution is 2.40. The summed E-state index contributed by atoms with van der Waals surface area (Å²) in [7, 11) is 1.73. The van der Waals surface area contributed by atoms with E-state index in [9.17, 15) is 13.6 Å². The van der Waals surface area contributed by atoms with Crippen LogP contribution in [0.5, 0.6) is 5.75 Å². The average molecular weight is 427 g/mol. The van der Waals surface area contributed by atoms with Crippen molar-refractivity contribution in [2.45, 2.75) is 32.3 Å². The van der Waals surface area contributed by atoms with Crippen molar-refractivity contribution in [3.63, 3.8) is 0 Å². The second-order valence-electron chi connectivity index (χ2n) is 8.13. The number of pyridine rings is 2. The summed E-state index contributed by atoms with van der Waals surface area (Å²) in [6.07, 6.45) is 0.223. The molecule has 0 bridgehead atoms. The Labute approximate surface area is 178 Å². The van der Waals surface area contributed by atoms with Crippen LogP contribution in [-0.2, 0) is 18.2 Å². The van der Waals surface area contributed by atoms with E-state index in [1.54, 1.807) is 18.5 Å². The summed E-state index contributed by atoms with van der Waals surface area (Å²) in [5.74, 6) is 0.625. The fraction of sp³-hybridized carbons (Fsp3) is 0.391. The van der Waals surface area contributed by atoms with Gasteiger partial charge in [-0.15, -0.1) is 0 Å². The zero-order valence-electron chi connectivity index (χ0n) is 17.4. The molecule has 6 nitrogen and oxygen atoms in total. The predicted octanol–water partition coefficient (Wildman–Crippen LogP) is 4.04. The van der Waals surface area contributed by atoms with E-state index in [2.05, 4.69) is 4.98 Å². The van der Waals surface area contributed by atoms with E-state index in [1.807, 2.05) is 23.1 Å². The first-order valence-electron chi connectivity index (χ1n) is 10.4.